The van der Waals surface area contributed by atoms with Gasteiger partial charge < -0.3 is 4.43 Å². The molecule has 0 bridgehead atoms. The Hall–Kier alpha value is -1.53. The van der Waals surface area contributed by atoms with E-state index < -0.39 is 20.1 Å². The average Bonchev–Trinajstić information content (AvgIpc) is 2.47. The van der Waals surface area contributed by atoms with Crippen LogP contribution in [0.2, 0.25) is 18.1 Å². The van der Waals surface area contributed by atoms with Crippen LogP contribution in [0.5, 0.6) is 0 Å². The summed E-state index contributed by atoms with van der Waals surface area (Å²) in [4.78, 5) is 23.1. The van der Waals surface area contributed by atoms with E-state index in [1.807, 2.05) is 6.07 Å². The van der Waals surface area contributed by atoms with Crippen molar-refractivity contribution in [3.05, 3.63) is 35.1 Å². The van der Waals surface area contributed by atoms with E-state index in [1.54, 1.807) is 6.07 Å². The molecule has 2 rings (SSSR count). The van der Waals surface area contributed by atoms with Crippen LogP contribution in [0.3, 0.4) is 0 Å². The van der Waals surface area contributed by atoms with Gasteiger partial charge in [-0.2, -0.15) is 0 Å². The van der Waals surface area contributed by atoms with Crippen molar-refractivity contribution in [2.24, 2.45) is 0 Å². The van der Waals surface area contributed by atoms with Crippen molar-refractivity contribution >= 4 is 20.1 Å². The molecule has 1 fully saturated rings. The van der Waals surface area contributed by atoms with Crippen molar-refractivity contribution < 1.29 is 18.4 Å². The lowest BCUT2D eigenvalue weighted by Gasteiger charge is -2.36. The Kier molecular flexibility index (Phi) is 5.84. The number of rotatable bonds is 5. The number of hydrogen-bond donors (Lipinski definition) is 1. The largest absolute Gasteiger partial charge is 0.416 e. The van der Waals surface area contributed by atoms with Crippen LogP contribution in [-0.4, -0.2) is 26.7 Å². The van der Waals surface area contributed by atoms with Crippen molar-refractivity contribution in [3.63, 3.8) is 0 Å². The van der Waals surface area contributed by atoms with Crippen LogP contribution in [0.25, 0.3) is 0 Å². The zero-order chi connectivity index (χ0) is 18.8. The Balaban J connectivity index is 2.00. The quantitative estimate of drug-likeness (QED) is 0.636. The number of hydrogen-bond acceptors (Lipinski definition) is 3. The van der Waals surface area contributed by atoms with Crippen LogP contribution >= 0.6 is 0 Å². The van der Waals surface area contributed by atoms with Gasteiger partial charge in [-0.1, -0.05) is 32.9 Å². The Bertz CT molecular complexity index is 667. The first-order valence-corrected chi connectivity index (χ1v) is 11.7. The Labute approximate surface area is 150 Å². The summed E-state index contributed by atoms with van der Waals surface area (Å²) < 4.78 is 20.6. The molecule has 1 aliphatic heterocycles. The molecule has 1 heterocycles. The molecule has 1 atom stereocenters. The fourth-order valence-corrected chi connectivity index (χ4v) is 3.68. The number of carbonyl (C=O) groups is 2. The van der Waals surface area contributed by atoms with Crippen molar-refractivity contribution in [2.45, 2.75) is 64.1 Å². The minimum absolute atomic E-state index is 0.147. The van der Waals surface area contributed by atoms with Gasteiger partial charge in [0.15, 0.2) is 8.32 Å². The molecule has 1 aliphatic rings. The number of piperidine rings is 1. The molecule has 1 aromatic carbocycles. The zero-order valence-corrected chi connectivity index (χ0v) is 16.7. The summed E-state index contributed by atoms with van der Waals surface area (Å²) >= 11 is 0. The number of nitrogens with one attached hydrogen (secondary N) is 1. The number of carbonyl (C=O) groups excluding carboxylic acids is 2. The summed E-state index contributed by atoms with van der Waals surface area (Å²) in [6.45, 7) is 11.5. The number of imide groups is 1. The average molecular weight is 366 g/mol. The fourth-order valence-electron chi connectivity index (χ4n) is 2.64. The maximum Gasteiger partial charge on any atom is 0.234 e. The van der Waals surface area contributed by atoms with Gasteiger partial charge in [0.05, 0.1) is 5.92 Å². The van der Waals surface area contributed by atoms with E-state index in [0.29, 0.717) is 25.0 Å². The molecule has 0 spiro atoms. The Morgan fingerprint density at radius 1 is 1.28 bits per heavy atom. The van der Waals surface area contributed by atoms with Gasteiger partial charge in [0, 0.05) is 18.6 Å². The summed E-state index contributed by atoms with van der Waals surface area (Å²) in [7, 11) is -1.80. The lowest BCUT2D eigenvalue weighted by atomic mass is 9.89. The summed E-state index contributed by atoms with van der Waals surface area (Å²) in [5, 5.41) is 2.42. The molecule has 2 amide bonds. The predicted octanol–water partition coefficient (Wildman–Crippen LogP) is 3.91. The first-order chi connectivity index (χ1) is 11.5. The summed E-state index contributed by atoms with van der Waals surface area (Å²) in [6.07, 6.45) is 1.24. The van der Waals surface area contributed by atoms with Gasteiger partial charge in [0.1, 0.15) is 5.82 Å². The molecular weight excluding hydrogens is 337 g/mol. The second-order valence-electron chi connectivity index (χ2n) is 8.22. The van der Waals surface area contributed by atoms with Gasteiger partial charge in [-0.05, 0) is 42.6 Å². The molecule has 0 saturated carbocycles. The van der Waals surface area contributed by atoms with E-state index in [1.165, 1.54) is 6.07 Å². The number of benzene rings is 1. The molecule has 0 aliphatic carbocycles. The third-order valence-electron chi connectivity index (χ3n) is 5.34. The van der Waals surface area contributed by atoms with Gasteiger partial charge in [0.2, 0.25) is 11.8 Å². The number of halogens is 1. The molecule has 1 unspecified atom stereocenters. The van der Waals surface area contributed by atoms with E-state index in [-0.39, 0.29) is 23.2 Å². The van der Waals surface area contributed by atoms with Crippen molar-refractivity contribution in [1.29, 1.82) is 0 Å². The van der Waals surface area contributed by atoms with Crippen LogP contribution in [0.4, 0.5) is 4.39 Å². The van der Waals surface area contributed by atoms with Crippen LogP contribution in [-0.2, 0) is 20.4 Å². The minimum Gasteiger partial charge on any atom is -0.416 e. The topological polar surface area (TPSA) is 55.4 Å². The first kappa shape index (κ1) is 19.8. The zero-order valence-electron chi connectivity index (χ0n) is 15.7. The molecule has 4 nitrogen and oxygen atoms in total. The van der Waals surface area contributed by atoms with E-state index in [9.17, 15) is 14.0 Å². The highest BCUT2D eigenvalue weighted by Crippen LogP contribution is 2.36. The van der Waals surface area contributed by atoms with E-state index in [0.717, 1.165) is 5.56 Å². The highest BCUT2D eigenvalue weighted by Gasteiger charge is 2.37. The van der Waals surface area contributed by atoms with E-state index in [4.69, 9.17) is 4.43 Å². The molecule has 138 valence electrons. The molecule has 0 radical (unpaired) electrons. The molecule has 1 aromatic rings. The molecule has 0 aromatic heterocycles. The van der Waals surface area contributed by atoms with Gasteiger partial charge in [-0.3, -0.25) is 14.9 Å². The molecule has 25 heavy (non-hydrogen) atoms. The molecule has 1 N–H and O–H groups in total. The minimum atomic E-state index is -1.80. The van der Waals surface area contributed by atoms with Crippen LogP contribution in [0.1, 0.15) is 50.7 Å². The fraction of sp³-hybridized carbons (Fsp3) is 0.579. The molecular formula is C19H28FNO3Si. The Morgan fingerprint density at radius 3 is 2.52 bits per heavy atom. The second-order valence-corrected chi connectivity index (χ2v) is 13.0. The second kappa shape index (κ2) is 7.38. The van der Waals surface area contributed by atoms with Gasteiger partial charge in [-0.25, -0.2) is 4.39 Å². The van der Waals surface area contributed by atoms with Gasteiger partial charge in [-0.15, -0.1) is 0 Å². The van der Waals surface area contributed by atoms with Crippen molar-refractivity contribution in [3.8, 4) is 0 Å². The monoisotopic (exact) mass is 365 g/mol. The maximum absolute atomic E-state index is 14.5. The van der Waals surface area contributed by atoms with E-state index in [2.05, 4.69) is 39.2 Å². The highest BCUT2D eigenvalue weighted by molar-refractivity contribution is 6.74. The first-order valence-electron chi connectivity index (χ1n) is 8.77. The highest BCUT2D eigenvalue weighted by atomic mass is 28.4. The standard InChI is InChI=1S/C19H28FNO3Si/c1-19(2,3)25(4,5)24-11-10-13-6-7-14(16(20)12-13)15-8-9-17(22)21-18(15)23/h6-7,12,15H,8-11H2,1-5H3,(H,21,22,23). The summed E-state index contributed by atoms with van der Waals surface area (Å²) in [5.41, 5.74) is 1.21. The maximum atomic E-state index is 14.5. The third kappa shape index (κ3) is 4.76. The predicted molar refractivity (Wildman–Crippen MR) is 98.4 cm³/mol. The summed E-state index contributed by atoms with van der Waals surface area (Å²) in [6, 6.07) is 4.99. The van der Waals surface area contributed by atoms with Crippen LogP contribution in [0, 0.1) is 5.82 Å². The van der Waals surface area contributed by atoms with Crippen molar-refractivity contribution in [1.82, 2.24) is 5.32 Å². The van der Waals surface area contributed by atoms with Gasteiger partial charge >= 0.3 is 0 Å². The van der Waals surface area contributed by atoms with E-state index >= 15 is 0 Å². The third-order valence-corrected chi connectivity index (χ3v) is 9.88. The normalized spacial score (nSPS) is 19.0. The SMILES string of the molecule is CC(C)(C)[Si](C)(C)OCCc1ccc(C2CCC(=O)NC2=O)c(F)c1. The number of amides is 2. The molecule has 1 saturated heterocycles. The smallest absolute Gasteiger partial charge is 0.234 e. The van der Waals surface area contributed by atoms with Crippen LogP contribution < -0.4 is 5.32 Å². The van der Waals surface area contributed by atoms with Crippen molar-refractivity contribution in [2.75, 3.05) is 6.61 Å². The Morgan fingerprint density at radius 2 is 1.96 bits per heavy atom. The van der Waals surface area contributed by atoms with Crippen LogP contribution in [0.15, 0.2) is 18.2 Å². The lowest BCUT2D eigenvalue weighted by molar-refractivity contribution is -0.134. The van der Waals surface area contributed by atoms with Gasteiger partial charge in [0.25, 0.3) is 0 Å². The molecule has 6 heteroatoms. The summed E-state index contributed by atoms with van der Waals surface area (Å²) in [5.74, 6) is -1.68. The lowest BCUT2D eigenvalue weighted by Crippen LogP contribution is -2.41.